The van der Waals surface area contributed by atoms with Crippen LogP contribution in [0.5, 0.6) is 11.5 Å². The highest BCUT2D eigenvalue weighted by Crippen LogP contribution is 2.36. The summed E-state index contributed by atoms with van der Waals surface area (Å²) in [5.74, 6) is 0.681. The van der Waals surface area contributed by atoms with Crippen molar-refractivity contribution >= 4 is 34.1 Å². The summed E-state index contributed by atoms with van der Waals surface area (Å²) in [7, 11) is 4.86. The monoisotopic (exact) mass is 507 g/mol. The van der Waals surface area contributed by atoms with Crippen molar-refractivity contribution in [3.05, 3.63) is 48.2 Å². The summed E-state index contributed by atoms with van der Waals surface area (Å²) < 4.78 is 26.2. The van der Waals surface area contributed by atoms with Crippen molar-refractivity contribution in [2.45, 2.75) is 19.3 Å². The summed E-state index contributed by atoms with van der Waals surface area (Å²) in [6.45, 7) is 2.41. The Balaban J connectivity index is 1.52. The van der Waals surface area contributed by atoms with Gasteiger partial charge in [-0.25, -0.2) is 19.8 Å². The molecular weight excluding hydrogens is 477 g/mol. The first-order chi connectivity index (χ1) is 18.0. The third-order valence-electron chi connectivity index (χ3n) is 6.59. The SMILES string of the molecule is COc1cc(OC)c(F)c(N(CCCN2CCCC2=O)c2ccc3ncc(C4=CN(C)NC4)nc3n2)c1. The molecule has 1 saturated heterocycles. The summed E-state index contributed by atoms with van der Waals surface area (Å²) in [5, 5.41) is 1.87. The maximum Gasteiger partial charge on any atom is 0.222 e. The molecule has 0 aliphatic carbocycles. The van der Waals surface area contributed by atoms with Crippen LogP contribution in [-0.4, -0.2) is 78.2 Å². The summed E-state index contributed by atoms with van der Waals surface area (Å²) >= 11 is 0. The summed E-state index contributed by atoms with van der Waals surface area (Å²) in [6, 6.07) is 6.75. The van der Waals surface area contributed by atoms with Gasteiger partial charge in [0, 0.05) is 63.6 Å². The van der Waals surface area contributed by atoms with Crippen molar-refractivity contribution in [1.29, 1.82) is 0 Å². The molecule has 194 valence electrons. The predicted octanol–water partition coefficient (Wildman–Crippen LogP) is 3.12. The number of nitrogens with one attached hydrogen (secondary N) is 1. The molecule has 0 radical (unpaired) electrons. The fraction of sp³-hybridized carbons (Fsp3) is 0.385. The Kier molecular flexibility index (Phi) is 7.04. The lowest BCUT2D eigenvalue weighted by molar-refractivity contribution is -0.127. The van der Waals surface area contributed by atoms with Gasteiger partial charge < -0.3 is 24.3 Å². The number of ether oxygens (including phenoxy) is 2. The third-order valence-corrected chi connectivity index (χ3v) is 6.59. The Morgan fingerprint density at radius 2 is 2.05 bits per heavy atom. The highest BCUT2D eigenvalue weighted by Gasteiger charge is 2.23. The zero-order valence-electron chi connectivity index (χ0n) is 21.2. The maximum atomic E-state index is 15.6. The second-order valence-electron chi connectivity index (χ2n) is 9.02. The zero-order chi connectivity index (χ0) is 25.9. The van der Waals surface area contributed by atoms with E-state index in [1.54, 1.807) is 23.2 Å². The Bertz CT molecular complexity index is 1350. The second-order valence-corrected chi connectivity index (χ2v) is 9.02. The van der Waals surface area contributed by atoms with E-state index in [0.29, 0.717) is 55.2 Å². The van der Waals surface area contributed by atoms with E-state index in [2.05, 4.69) is 10.4 Å². The lowest BCUT2D eigenvalue weighted by atomic mass is 10.2. The van der Waals surface area contributed by atoms with Gasteiger partial charge in [0.15, 0.2) is 17.2 Å². The van der Waals surface area contributed by atoms with E-state index in [1.165, 1.54) is 20.3 Å². The molecule has 2 aliphatic heterocycles. The first kappa shape index (κ1) is 24.7. The van der Waals surface area contributed by atoms with E-state index in [1.807, 2.05) is 29.2 Å². The molecule has 2 aliphatic rings. The smallest absolute Gasteiger partial charge is 0.222 e. The normalized spacial score (nSPS) is 15.5. The van der Waals surface area contributed by atoms with Gasteiger partial charge in [0.05, 0.1) is 31.8 Å². The average Bonchev–Trinajstić information content (AvgIpc) is 3.54. The van der Waals surface area contributed by atoms with E-state index >= 15 is 4.39 Å². The number of fused-ring (bicyclic) bond motifs is 1. The molecule has 10 nitrogen and oxygen atoms in total. The van der Waals surface area contributed by atoms with E-state index in [4.69, 9.17) is 19.4 Å². The van der Waals surface area contributed by atoms with E-state index in [9.17, 15) is 4.79 Å². The first-order valence-corrected chi connectivity index (χ1v) is 12.2. The highest BCUT2D eigenvalue weighted by molar-refractivity contribution is 5.78. The standard InChI is InChI=1S/C26H30FN7O3/c1-32-16-17(14-29-32)20-15-28-19-7-8-23(31-26(19)30-20)34(11-5-10-33-9-4-6-24(33)35)21-12-18(36-2)13-22(37-3)25(21)27/h7-8,12-13,15-16,29H,4-6,9-11,14H2,1-3H3. The number of anilines is 2. The quantitative estimate of drug-likeness (QED) is 0.469. The van der Waals surface area contributed by atoms with Crippen LogP contribution in [0.15, 0.2) is 36.7 Å². The number of hydrogen-bond donors (Lipinski definition) is 1. The molecule has 0 atom stereocenters. The minimum absolute atomic E-state index is 0.0710. The van der Waals surface area contributed by atoms with Crippen molar-refractivity contribution in [1.82, 2.24) is 30.3 Å². The number of carbonyl (C=O) groups excluding carboxylic acids is 1. The molecule has 1 N–H and O–H groups in total. The number of nitrogens with zero attached hydrogens (tertiary/aromatic N) is 6. The Morgan fingerprint density at radius 3 is 2.76 bits per heavy atom. The van der Waals surface area contributed by atoms with Crippen molar-refractivity contribution in [2.75, 3.05) is 52.3 Å². The van der Waals surface area contributed by atoms with Crippen molar-refractivity contribution in [3.63, 3.8) is 0 Å². The van der Waals surface area contributed by atoms with Crippen LogP contribution in [0.2, 0.25) is 0 Å². The van der Waals surface area contributed by atoms with Gasteiger partial charge >= 0.3 is 0 Å². The van der Waals surface area contributed by atoms with Crippen LogP contribution < -0.4 is 19.8 Å². The topological polar surface area (TPSA) is 96.0 Å². The van der Waals surface area contributed by atoms with Crippen LogP contribution in [0.4, 0.5) is 15.9 Å². The molecule has 5 rings (SSSR count). The van der Waals surface area contributed by atoms with Gasteiger partial charge in [-0.3, -0.25) is 9.78 Å². The largest absolute Gasteiger partial charge is 0.497 e. The molecule has 37 heavy (non-hydrogen) atoms. The molecule has 0 unspecified atom stereocenters. The first-order valence-electron chi connectivity index (χ1n) is 12.2. The number of carbonyl (C=O) groups is 1. The molecule has 11 heteroatoms. The molecular formula is C26H30FN7O3. The molecule has 4 heterocycles. The average molecular weight is 508 g/mol. The fourth-order valence-electron chi connectivity index (χ4n) is 4.62. The number of hydrazine groups is 1. The van der Waals surface area contributed by atoms with Crippen LogP contribution in [0, 0.1) is 5.82 Å². The number of benzene rings is 1. The zero-order valence-corrected chi connectivity index (χ0v) is 21.2. The minimum Gasteiger partial charge on any atom is -0.497 e. The van der Waals surface area contributed by atoms with Crippen molar-refractivity contribution in [3.8, 4) is 11.5 Å². The fourth-order valence-corrected chi connectivity index (χ4v) is 4.62. The van der Waals surface area contributed by atoms with Crippen LogP contribution in [0.1, 0.15) is 25.0 Å². The number of hydrogen-bond acceptors (Lipinski definition) is 9. The molecule has 0 bridgehead atoms. The van der Waals surface area contributed by atoms with Gasteiger partial charge in [-0.15, -0.1) is 0 Å². The van der Waals surface area contributed by atoms with E-state index < -0.39 is 5.82 Å². The van der Waals surface area contributed by atoms with Gasteiger partial charge in [0.2, 0.25) is 5.91 Å². The number of likely N-dealkylation sites (tertiary alicyclic amines) is 1. The van der Waals surface area contributed by atoms with Crippen LogP contribution in [0.25, 0.3) is 16.7 Å². The lowest BCUT2D eigenvalue weighted by Crippen LogP contribution is -2.29. The maximum absolute atomic E-state index is 15.6. The summed E-state index contributed by atoms with van der Waals surface area (Å²) in [6.07, 6.45) is 5.78. The van der Waals surface area contributed by atoms with Gasteiger partial charge in [0.25, 0.3) is 0 Å². The molecule has 1 amide bonds. The van der Waals surface area contributed by atoms with Crippen LogP contribution in [-0.2, 0) is 4.79 Å². The molecule has 1 fully saturated rings. The highest BCUT2D eigenvalue weighted by atomic mass is 19.1. The number of amides is 1. The van der Waals surface area contributed by atoms with Gasteiger partial charge in [-0.05, 0) is 25.0 Å². The Morgan fingerprint density at radius 1 is 1.19 bits per heavy atom. The predicted molar refractivity (Wildman–Crippen MR) is 138 cm³/mol. The Labute approximate surface area is 214 Å². The van der Waals surface area contributed by atoms with Gasteiger partial charge in [0.1, 0.15) is 17.1 Å². The van der Waals surface area contributed by atoms with Crippen LogP contribution in [0.3, 0.4) is 0 Å². The molecule has 1 aromatic carbocycles. The summed E-state index contributed by atoms with van der Waals surface area (Å²) in [4.78, 5) is 29.8. The van der Waals surface area contributed by atoms with Crippen LogP contribution >= 0.6 is 0 Å². The van der Waals surface area contributed by atoms with Crippen molar-refractivity contribution < 1.29 is 18.7 Å². The molecule has 0 spiro atoms. The summed E-state index contributed by atoms with van der Waals surface area (Å²) in [5.41, 5.74) is 6.28. The molecule has 0 saturated carbocycles. The van der Waals surface area contributed by atoms with E-state index in [0.717, 1.165) is 24.2 Å². The third kappa shape index (κ3) is 5.12. The number of halogens is 1. The van der Waals surface area contributed by atoms with Crippen molar-refractivity contribution in [2.24, 2.45) is 0 Å². The van der Waals surface area contributed by atoms with E-state index in [-0.39, 0.29) is 17.3 Å². The number of rotatable bonds is 9. The Hall–Kier alpha value is -3.99. The number of pyridine rings is 1. The van der Waals surface area contributed by atoms with Gasteiger partial charge in [-0.1, -0.05) is 0 Å². The number of aromatic nitrogens is 3. The second kappa shape index (κ2) is 10.6. The molecule has 3 aromatic rings. The lowest BCUT2D eigenvalue weighted by Gasteiger charge is -2.26. The minimum atomic E-state index is -0.521. The molecule has 2 aromatic heterocycles. The van der Waals surface area contributed by atoms with Gasteiger partial charge in [-0.2, -0.15) is 0 Å². The number of methoxy groups -OCH3 is 2.